The second kappa shape index (κ2) is 7.11. The molecule has 2 amide bonds. The molecule has 0 aliphatic heterocycles. The maximum Gasteiger partial charge on any atom is 0.329 e. The van der Waals surface area contributed by atoms with E-state index in [9.17, 15) is 14.7 Å². The van der Waals surface area contributed by atoms with Crippen molar-refractivity contribution in [2.24, 2.45) is 0 Å². The van der Waals surface area contributed by atoms with Gasteiger partial charge < -0.3 is 15.7 Å². The average molecular weight is 292 g/mol. The maximum absolute atomic E-state index is 12.1. The van der Waals surface area contributed by atoms with Crippen molar-refractivity contribution in [1.29, 1.82) is 0 Å². The fourth-order valence-electron chi connectivity index (χ4n) is 2.09. The summed E-state index contributed by atoms with van der Waals surface area (Å²) in [4.78, 5) is 23.4. The van der Waals surface area contributed by atoms with E-state index in [1.165, 1.54) is 6.92 Å². The first kappa shape index (κ1) is 17.0. The van der Waals surface area contributed by atoms with E-state index in [0.29, 0.717) is 6.42 Å². The van der Waals surface area contributed by atoms with Gasteiger partial charge in [-0.25, -0.2) is 9.59 Å². The fourth-order valence-corrected chi connectivity index (χ4v) is 2.09. The summed E-state index contributed by atoms with van der Waals surface area (Å²) >= 11 is 0. The molecular formula is C16H24N2O3. The summed E-state index contributed by atoms with van der Waals surface area (Å²) in [7, 11) is 0. The van der Waals surface area contributed by atoms with Crippen LogP contribution in [0.2, 0.25) is 0 Å². The number of para-hydroxylation sites is 1. The molecule has 0 aliphatic rings. The predicted octanol–water partition coefficient (Wildman–Crippen LogP) is 3.19. The summed E-state index contributed by atoms with van der Waals surface area (Å²) in [5.41, 5.74) is 1.59. The minimum absolute atomic E-state index is 0.311. The molecular weight excluding hydrogens is 268 g/mol. The van der Waals surface area contributed by atoms with Crippen molar-refractivity contribution in [3.8, 4) is 0 Å². The van der Waals surface area contributed by atoms with Gasteiger partial charge in [0.25, 0.3) is 0 Å². The lowest BCUT2D eigenvalue weighted by Gasteiger charge is -2.25. The van der Waals surface area contributed by atoms with Crippen molar-refractivity contribution in [2.45, 2.75) is 52.5 Å². The SMILES string of the molecule is CCc1cccc(CC)c1NC(=O)NC(C)(CC)C(=O)O. The van der Waals surface area contributed by atoms with Crippen LogP contribution in [0.15, 0.2) is 18.2 Å². The third-order valence-electron chi connectivity index (χ3n) is 3.81. The number of aryl methyl sites for hydroxylation is 2. The summed E-state index contributed by atoms with van der Waals surface area (Å²) in [5, 5.41) is 14.6. The zero-order chi connectivity index (χ0) is 16.0. The third kappa shape index (κ3) is 3.97. The van der Waals surface area contributed by atoms with Crippen LogP contribution in [0.25, 0.3) is 0 Å². The molecule has 0 saturated carbocycles. The molecule has 0 saturated heterocycles. The number of rotatable bonds is 6. The third-order valence-corrected chi connectivity index (χ3v) is 3.81. The first-order valence-electron chi connectivity index (χ1n) is 7.31. The monoisotopic (exact) mass is 292 g/mol. The standard InChI is InChI=1S/C16H24N2O3/c1-5-11-9-8-10-12(6-2)13(11)17-15(21)18-16(4,7-3)14(19)20/h8-10H,5-7H2,1-4H3,(H,19,20)(H2,17,18,21). The number of carbonyl (C=O) groups is 2. The Bertz CT molecular complexity index is 506. The molecule has 0 bridgehead atoms. The number of nitrogens with one attached hydrogen (secondary N) is 2. The quantitative estimate of drug-likeness (QED) is 0.753. The first-order chi connectivity index (χ1) is 9.87. The Morgan fingerprint density at radius 2 is 1.67 bits per heavy atom. The van der Waals surface area contributed by atoms with E-state index < -0.39 is 17.5 Å². The van der Waals surface area contributed by atoms with Gasteiger partial charge in [0, 0.05) is 5.69 Å². The molecule has 0 heterocycles. The summed E-state index contributed by atoms with van der Waals surface area (Å²) in [6, 6.07) is 5.40. The van der Waals surface area contributed by atoms with Crippen LogP contribution in [0, 0.1) is 0 Å². The highest BCUT2D eigenvalue weighted by molar-refractivity contribution is 5.95. The highest BCUT2D eigenvalue weighted by Crippen LogP contribution is 2.22. The number of anilines is 1. The molecule has 1 unspecified atom stereocenters. The molecule has 1 rings (SSSR count). The molecule has 0 radical (unpaired) electrons. The Labute approximate surface area is 125 Å². The van der Waals surface area contributed by atoms with Crippen LogP contribution in [0.5, 0.6) is 0 Å². The van der Waals surface area contributed by atoms with Crippen molar-refractivity contribution < 1.29 is 14.7 Å². The summed E-state index contributed by atoms with van der Waals surface area (Å²) in [6.45, 7) is 7.27. The van der Waals surface area contributed by atoms with Gasteiger partial charge in [-0.3, -0.25) is 0 Å². The van der Waals surface area contributed by atoms with Crippen molar-refractivity contribution in [3.63, 3.8) is 0 Å². The number of aliphatic carboxylic acids is 1. The lowest BCUT2D eigenvalue weighted by molar-refractivity contribution is -0.143. The Balaban J connectivity index is 2.96. The van der Waals surface area contributed by atoms with E-state index in [4.69, 9.17) is 0 Å². The van der Waals surface area contributed by atoms with Gasteiger partial charge in [0.15, 0.2) is 0 Å². The predicted molar refractivity (Wildman–Crippen MR) is 83.7 cm³/mol. The van der Waals surface area contributed by atoms with E-state index in [-0.39, 0.29) is 0 Å². The molecule has 21 heavy (non-hydrogen) atoms. The van der Waals surface area contributed by atoms with Crippen molar-refractivity contribution in [1.82, 2.24) is 5.32 Å². The number of amides is 2. The van der Waals surface area contributed by atoms with Gasteiger partial charge in [0.1, 0.15) is 5.54 Å². The van der Waals surface area contributed by atoms with Crippen molar-refractivity contribution in [2.75, 3.05) is 5.32 Å². The summed E-state index contributed by atoms with van der Waals surface area (Å²) < 4.78 is 0. The maximum atomic E-state index is 12.1. The smallest absolute Gasteiger partial charge is 0.329 e. The number of benzene rings is 1. The molecule has 3 N–H and O–H groups in total. The Hall–Kier alpha value is -2.04. The molecule has 0 spiro atoms. The first-order valence-corrected chi connectivity index (χ1v) is 7.31. The van der Waals surface area contributed by atoms with Gasteiger partial charge >= 0.3 is 12.0 Å². The topological polar surface area (TPSA) is 78.4 Å². The largest absolute Gasteiger partial charge is 0.480 e. The number of hydrogen-bond donors (Lipinski definition) is 3. The number of carboxylic acids is 1. The molecule has 5 nitrogen and oxygen atoms in total. The molecule has 0 aromatic heterocycles. The lowest BCUT2D eigenvalue weighted by Crippen LogP contribution is -2.53. The van der Waals surface area contributed by atoms with Gasteiger partial charge in [0.05, 0.1) is 0 Å². The average Bonchev–Trinajstić information content (AvgIpc) is 2.46. The van der Waals surface area contributed by atoms with E-state index in [0.717, 1.165) is 29.7 Å². The lowest BCUT2D eigenvalue weighted by atomic mass is 9.99. The molecule has 0 aliphatic carbocycles. The number of urea groups is 1. The van der Waals surface area contributed by atoms with Gasteiger partial charge in [-0.2, -0.15) is 0 Å². The minimum Gasteiger partial charge on any atom is -0.480 e. The minimum atomic E-state index is -1.27. The van der Waals surface area contributed by atoms with Crippen LogP contribution in [0.3, 0.4) is 0 Å². The van der Waals surface area contributed by atoms with Crippen molar-refractivity contribution in [3.05, 3.63) is 29.3 Å². The highest BCUT2D eigenvalue weighted by atomic mass is 16.4. The van der Waals surface area contributed by atoms with Crippen LogP contribution in [0.4, 0.5) is 10.5 Å². The molecule has 1 aromatic carbocycles. The second-order valence-electron chi connectivity index (χ2n) is 5.23. The van der Waals surface area contributed by atoms with Gasteiger partial charge in [-0.15, -0.1) is 0 Å². The highest BCUT2D eigenvalue weighted by Gasteiger charge is 2.32. The Kier molecular flexibility index (Phi) is 5.76. The molecule has 1 atom stereocenters. The van der Waals surface area contributed by atoms with Gasteiger partial charge in [0.2, 0.25) is 0 Å². The zero-order valence-corrected chi connectivity index (χ0v) is 13.1. The van der Waals surface area contributed by atoms with Crippen molar-refractivity contribution >= 4 is 17.7 Å². The normalized spacial score (nSPS) is 13.3. The number of carboxylic acid groups (broad SMARTS) is 1. The number of carbonyl (C=O) groups excluding carboxylic acids is 1. The summed E-state index contributed by atoms with van der Waals surface area (Å²) in [5.74, 6) is -1.04. The Morgan fingerprint density at radius 1 is 1.14 bits per heavy atom. The van der Waals surface area contributed by atoms with Gasteiger partial charge in [-0.1, -0.05) is 39.0 Å². The van der Waals surface area contributed by atoms with Crippen LogP contribution in [-0.2, 0) is 17.6 Å². The van der Waals surface area contributed by atoms with Gasteiger partial charge in [-0.05, 0) is 37.3 Å². The van der Waals surface area contributed by atoms with Crippen LogP contribution in [-0.4, -0.2) is 22.6 Å². The molecule has 1 aromatic rings. The van der Waals surface area contributed by atoms with E-state index in [1.807, 2.05) is 32.0 Å². The van der Waals surface area contributed by atoms with Crippen LogP contribution < -0.4 is 10.6 Å². The van der Waals surface area contributed by atoms with E-state index in [2.05, 4.69) is 10.6 Å². The summed E-state index contributed by atoms with van der Waals surface area (Å²) in [6.07, 6.45) is 1.91. The molecule has 5 heteroatoms. The van der Waals surface area contributed by atoms with E-state index >= 15 is 0 Å². The molecule has 116 valence electrons. The second-order valence-corrected chi connectivity index (χ2v) is 5.23. The van der Waals surface area contributed by atoms with E-state index in [1.54, 1.807) is 6.92 Å². The van der Waals surface area contributed by atoms with Crippen LogP contribution in [0.1, 0.15) is 45.2 Å². The number of hydrogen-bond acceptors (Lipinski definition) is 2. The van der Waals surface area contributed by atoms with Crippen LogP contribution >= 0.6 is 0 Å². The zero-order valence-electron chi connectivity index (χ0n) is 13.1. The fraction of sp³-hybridized carbons (Fsp3) is 0.500. The Morgan fingerprint density at radius 3 is 2.05 bits per heavy atom. The molecule has 0 fully saturated rings.